The van der Waals surface area contributed by atoms with E-state index in [1.54, 1.807) is 48.0 Å². The van der Waals surface area contributed by atoms with Crippen LogP contribution in [0.3, 0.4) is 0 Å². The molecule has 6 aliphatic rings. The number of aromatic amines is 3. The second-order valence-electron chi connectivity index (χ2n) is 27.0. The normalized spacial score (nSPS) is 10.4. The molecule has 20 aromatic rings. The zero-order valence-electron chi connectivity index (χ0n) is 92.0. The Kier molecular flexibility index (Phi) is 75.1. The molecule has 12 heterocycles. The number of aliphatic imine (C=N–C) groups is 1. The van der Waals surface area contributed by atoms with Crippen molar-refractivity contribution < 1.29 is 36.6 Å². The molecule has 13 aromatic carbocycles. The molecule has 147 heavy (non-hydrogen) atoms. The lowest BCUT2D eigenvalue weighted by atomic mass is 10.1. The number of para-hydroxylation sites is 16. The minimum Gasteiger partial charge on any atom is -0.493 e. The number of fused-ring (bicyclic) bond motifs is 13. The fourth-order valence-corrected chi connectivity index (χ4v) is 12.8. The van der Waals surface area contributed by atoms with Gasteiger partial charge in [-0.25, -0.2) is 19.6 Å². The van der Waals surface area contributed by atoms with E-state index in [4.69, 9.17) is 36.6 Å². The van der Waals surface area contributed by atoms with E-state index in [9.17, 15) is 9.59 Å². The predicted octanol–water partition coefficient (Wildman–Crippen LogP) is 36.8. The summed E-state index contributed by atoms with van der Waals surface area (Å²) in [5.74, 6) is 3.31. The van der Waals surface area contributed by atoms with Crippen LogP contribution in [0.4, 0.5) is 17.1 Å². The third-order valence-corrected chi connectivity index (χ3v) is 18.9. The maximum absolute atomic E-state index is 10.7. The van der Waals surface area contributed by atoms with Gasteiger partial charge in [-0.1, -0.05) is 398 Å². The van der Waals surface area contributed by atoms with Crippen molar-refractivity contribution in [2.75, 3.05) is 25.4 Å². The number of benzene rings is 13. The predicted molar refractivity (Wildman–Crippen MR) is 626 cm³/mol. The lowest BCUT2D eigenvalue weighted by molar-refractivity contribution is 0.174. The van der Waals surface area contributed by atoms with Gasteiger partial charge in [0.2, 0.25) is 6.79 Å². The molecule has 0 saturated heterocycles. The number of ether oxygens (including phenoxy) is 4. The summed E-state index contributed by atoms with van der Waals surface area (Å²) in [4.78, 5) is 43.2. The maximum Gasteiger partial charge on any atom is 0.417 e. The van der Waals surface area contributed by atoms with Gasteiger partial charge in [0.25, 0.3) is 0 Å². The number of pyridine rings is 1. The molecule has 21 nitrogen and oxygen atoms in total. The van der Waals surface area contributed by atoms with Crippen LogP contribution in [0.5, 0.6) is 23.0 Å². The third-order valence-electron chi connectivity index (χ3n) is 18.9. The van der Waals surface area contributed by atoms with Crippen molar-refractivity contribution in [3.63, 3.8) is 0 Å². The number of rotatable bonds is 0. The number of hydrogen-bond acceptors (Lipinski definition) is 18. The summed E-state index contributed by atoms with van der Waals surface area (Å²) in [6.07, 6.45) is 16.5. The minimum atomic E-state index is -0.402. The van der Waals surface area contributed by atoms with Crippen LogP contribution in [-0.4, -0.2) is 61.5 Å². The molecular weight excluding hydrogens is 1830 g/mol. The van der Waals surface area contributed by atoms with Crippen LogP contribution in [0, 0.1) is 0 Å². The lowest BCUT2D eigenvalue weighted by Crippen LogP contribution is -1.96. The standard InChI is InChI=1S/C9H7N.C9H6O2.C9H10.C8H7N.C8H8O.C8H6O.3C7H6N2.C7H5NO2.C7H7NO.C7H5NO.C7H6O2.13C2H6/c1-2-6-9-8(4-1)5-3-7-10-9;10-9-6-5-7-3-1-2-4-8(7)11-9;1-2-5-9-7-3-6-8(9)4-1;3*1-2-4-8-7(3-1)5-6-9-8;1-2-4-7-6(3-1)8-5-9-7;2*1-2-4-7-6(3-1)5-8-9-7;9-7-8-5-3-1-2-4-6(5)10-7;3*1-2-4-7-6(3-1)8-5-9-7;13*1-2/h1-7H;1-6H;1-2,4-5H,3,6-7H2;1-4,6H,5H2;1-4H,5-6H2;1-6H;1-5H,(H,8,9);1-4H,5H2;1-5H,(H,8,9);1-4H,(H,8,9);1-4,8H,5H2;1-5H;1-4H,5H2;13*1-2H3. The van der Waals surface area contributed by atoms with Crippen molar-refractivity contribution in [1.29, 1.82) is 0 Å². The van der Waals surface area contributed by atoms with Gasteiger partial charge in [0.05, 0.1) is 76.6 Å². The highest BCUT2D eigenvalue weighted by Gasteiger charge is 2.12. The zero-order valence-corrected chi connectivity index (χ0v) is 92.0. The van der Waals surface area contributed by atoms with E-state index in [0.29, 0.717) is 24.7 Å². The fraction of sp³-hybridized carbons (Fsp3) is 0.278. The zero-order chi connectivity index (χ0) is 109. The van der Waals surface area contributed by atoms with Gasteiger partial charge in [-0.05, 0) is 163 Å². The Morgan fingerprint density at radius 3 is 1.37 bits per heavy atom. The van der Waals surface area contributed by atoms with Gasteiger partial charge in [0, 0.05) is 58.4 Å². The monoisotopic (exact) mass is 1990 g/mol. The summed E-state index contributed by atoms with van der Waals surface area (Å²) in [7, 11) is 0. The van der Waals surface area contributed by atoms with Crippen molar-refractivity contribution in [3.8, 4) is 23.0 Å². The molecule has 0 saturated carbocycles. The highest BCUT2D eigenvalue weighted by Crippen LogP contribution is 2.32. The van der Waals surface area contributed by atoms with E-state index in [-0.39, 0.29) is 5.63 Å². The van der Waals surface area contributed by atoms with Crippen molar-refractivity contribution in [2.24, 2.45) is 15.2 Å². The molecular formula is C126H163N11O10. The van der Waals surface area contributed by atoms with Gasteiger partial charge < -0.3 is 46.9 Å². The van der Waals surface area contributed by atoms with Crippen LogP contribution in [0.25, 0.3) is 77.0 Å². The molecule has 5 aliphatic heterocycles. The number of azo groups is 1. The first-order valence-corrected chi connectivity index (χ1v) is 52.3. The minimum absolute atomic E-state index is 0.302. The lowest BCUT2D eigenvalue weighted by Gasteiger charge is -1.93. The van der Waals surface area contributed by atoms with Gasteiger partial charge in [-0.15, -0.1) is 0 Å². The quantitative estimate of drug-likeness (QED) is 0.103. The smallest absolute Gasteiger partial charge is 0.417 e. The molecule has 0 spiro atoms. The molecule has 26 rings (SSSR count). The molecule has 0 amide bonds. The number of furan rings is 1. The Morgan fingerprint density at radius 1 is 0.320 bits per heavy atom. The highest BCUT2D eigenvalue weighted by atomic mass is 16.7. The van der Waals surface area contributed by atoms with Crippen molar-refractivity contribution >= 4 is 100 Å². The van der Waals surface area contributed by atoms with Crippen LogP contribution < -0.4 is 35.6 Å². The molecule has 7 aromatic heterocycles. The van der Waals surface area contributed by atoms with E-state index in [1.807, 2.05) is 459 Å². The number of anilines is 1. The summed E-state index contributed by atoms with van der Waals surface area (Å²) in [5.41, 5.74) is 19.0. The Hall–Kier alpha value is -16.0. The van der Waals surface area contributed by atoms with Crippen LogP contribution in [0.15, 0.2) is 420 Å². The summed E-state index contributed by atoms with van der Waals surface area (Å²) >= 11 is 0. The summed E-state index contributed by atoms with van der Waals surface area (Å²) in [6, 6.07) is 112. The number of nitrogens with zero attached hydrogens (tertiary/aromatic N) is 7. The van der Waals surface area contributed by atoms with Gasteiger partial charge in [-0.2, -0.15) is 15.3 Å². The Morgan fingerprint density at radius 2 is 0.796 bits per heavy atom. The number of nitrogens with one attached hydrogen (secondary N) is 4. The topological polar surface area (TPSA) is 272 Å². The average Bonchev–Trinajstić information content (AvgIpc) is 1.42. The second kappa shape index (κ2) is 85.5. The molecule has 4 N–H and O–H groups in total. The third kappa shape index (κ3) is 47.8. The Labute approximate surface area is 874 Å². The number of hydrogen-bond donors (Lipinski definition) is 4. The second-order valence-corrected chi connectivity index (χ2v) is 27.0. The molecule has 782 valence electrons. The summed E-state index contributed by atoms with van der Waals surface area (Å²) < 4.78 is 40.4. The van der Waals surface area contributed by atoms with Gasteiger partial charge in [0.15, 0.2) is 35.8 Å². The van der Waals surface area contributed by atoms with E-state index < -0.39 is 5.76 Å². The van der Waals surface area contributed by atoms with Gasteiger partial charge >= 0.3 is 11.4 Å². The van der Waals surface area contributed by atoms with Crippen LogP contribution >= 0.6 is 0 Å². The molecule has 0 atom stereocenters. The number of oxazole rings is 2. The van der Waals surface area contributed by atoms with Gasteiger partial charge in [-0.3, -0.25) is 20.1 Å². The van der Waals surface area contributed by atoms with Gasteiger partial charge in [0.1, 0.15) is 28.2 Å². The number of aryl methyl sites for hydroxylation is 2. The van der Waals surface area contributed by atoms with E-state index in [2.05, 4.69) is 110 Å². The maximum atomic E-state index is 10.7. The molecule has 1 aliphatic carbocycles. The van der Waals surface area contributed by atoms with Crippen LogP contribution in [0.1, 0.15) is 214 Å². The molecule has 0 fully saturated rings. The first kappa shape index (κ1) is 129. The summed E-state index contributed by atoms with van der Waals surface area (Å²) in [6.45, 7) is 54.6. The summed E-state index contributed by atoms with van der Waals surface area (Å²) in [5, 5.41) is 22.1. The van der Waals surface area contributed by atoms with E-state index >= 15 is 0 Å². The number of H-pyrrole nitrogens is 3. The van der Waals surface area contributed by atoms with Crippen LogP contribution in [0.2, 0.25) is 0 Å². The molecule has 21 heteroatoms. The fourth-order valence-electron chi connectivity index (χ4n) is 12.8. The SMILES string of the molecule is C1=Nc2ccccc2C1.CC.CC.CC.CC.CC.CC.CC.CC.CC.CC.CC.CC.CC.O=c1[nH]c2ccccc2o1.O=c1ccc2ccccc2o1.c1ccc2[nH]cnc2c1.c1ccc2[nH]ncc2c1.c1ccc2c(c1)CCC2.c1ccc2c(c1)CCO2.c1ccc2c(c1)CN=N2.c1ccc2c(c1)NCO2.c1ccc2c(c1)OCO2.c1ccc2ncccc2c1.c1ccc2occc2c1.c1ccc2ocnc2c1. The number of imidazole rings is 1. The van der Waals surface area contributed by atoms with Crippen molar-refractivity contribution in [1.82, 2.24) is 35.1 Å². The van der Waals surface area contributed by atoms with E-state index in [0.717, 1.165) is 126 Å². The largest absolute Gasteiger partial charge is 0.493 e. The highest BCUT2D eigenvalue weighted by molar-refractivity contribution is 5.80. The molecule has 0 unspecified atom stereocenters. The molecule has 0 bridgehead atoms. The average molecular weight is 1990 g/mol. The van der Waals surface area contributed by atoms with Crippen LogP contribution in [-0.2, 0) is 32.2 Å². The Bertz CT molecular complexity index is 5940. The number of aromatic nitrogens is 7. The first-order valence-electron chi connectivity index (χ1n) is 52.3. The van der Waals surface area contributed by atoms with E-state index in [1.165, 1.54) is 53.8 Å². The van der Waals surface area contributed by atoms with Crippen molar-refractivity contribution in [3.05, 3.63) is 426 Å². The Balaban J connectivity index is 0.000000781. The van der Waals surface area contributed by atoms with Crippen molar-refractivity contribution in [2.45, 2.75) is 219 Å². The molecule has 0 radical (unpaired) electrons. The first-order chi connectivity index (χ1) is 72.8.